The van der Waals surface area contributed by atoms with Gasteiger partial charge < -0.3 is 10.5 Å². The van der Waals surface area contributed by atoms with Gasteiger partial charge in [-0.25, -0.2) is 0 Å². The summed E-state index contributed by atoms with van der Waals surface area (Å²) in [7, 11) is 0. The first-order chi connectivity index (χ1) is 9.11. The molecule has 0 unspecified atom stereocenters. The molecule has 100 valence electrons. The van der Waals surface area contributed by atoms with E-state index < -0.39 is 0 Å². The SMILES string of the molecule is Cc1cc(OCc2ccccc2CN)c(C)cc1Br. The topological polar surface area (TPSA) is 35.2 Å². The van der Waals surface area contributed by atoms with Gasteiger partial charge in [0.1, 0.15) is 12.4 Å². The molecule has 0 saturated carbocycles. The van der Waals surface area contributed by atoms with Crippen molar-refractivity contribution in [1.29, 1.82) is 0 Å². The molecule has 0 atom stereocenters. The minimum absolute atomic E-state index is 0.540. The van der Waals surface area contributed by atoms with Crippen molar-refractivity contribution >= 4 is 15.9 Å². The zero-order chi connectivity index (χ0) is 13.8. The lowest BCUT2D eigenvalue weighted by Crippen LogP contribution is -2.05. The van der Waals surface area contributed by atoms with E-state index in [-0.39, 0.29) is 0 Å². The largest absolute Gasteiger partial charge is 0.489 e. The molecule has 0 heterocycles. The predicted octanol–water partition coefficient (Wildman–Crippen LogP) is 4.10. The van der Waals surface area contributed by atoms with E-state index in [1.54, 1.807) is 0 Å². The summed E-state index contributed by atoms with van der Waals surface area (Å²) >= 11 is 3.53. The maximum Gasteiger partial charge on any atom is 0.123 e. The van der Waals surface area contributed by atoms with E-state index in [0.29, 0.717) is 13.2 Å². The molecule has 0 saturated heterocycles. The van der Waals surface area contributed by atoms with E-state index >= 15 is 0 Å². The average molecular weight is 320 g/mol. The highest BCUT2D eigenvalue weighted by Gasteiger charge is 2.06. The number of nitrogens with two attached hydrogens (primary N) is 1. The molecule has 0 bridgehead atoms. The lowest BCUT2D eigenvalue weighted by Gasteiger charge is -2.13. The van der Waals surface area contributed by atoms with Crippen molar-refractivity contribution in [3.05, 3.63) is 63.1 Å². The third-order valence-electron chi connectivity index (χ3n) is 3.18. The van der Waals surface area contributed by atoms with Crippen molar-refractivity contribution in [2.24, 2.45) is 5.73 Å². The van der Waals surface area contributed by atoms with Gasteiger partial charge in [0.25, 0.3) is 0 Å². The van der Waals surface area contributed by atoms with Crippen molar-refractivity contribution in [2.75, 3.05) is 0 Å². The molecule has 0 radical (unpaired) electrons. The van der Waals surface area contributed by atoms with Crippen LogP contribution in [0.25, 0.3) is 0 Å². The van der Waals surface area contributed by atoms with Crippen molar-refractivity contribution in [3.8, 4) is 5.75 Å². The Labute approximate surface area is 122 Å². The van der Waals surface area contributed by atoms with Crippen LogP contribution in [-0.2, 0) is 13.2 Å². The quantitative estimate of drug-likeness (QED) is 0.920. The molecule has 0 fully saturated rings. The summed E-state index contributed by atoms with van der Waals surface area (Å²) in [6.07, 6.45) is 0. The Balaban J connectivity index is 2.17. The Morgan fingerprint density at radius 1 is 1.05 bits per heavy atom. The molecule has 19 heavy (non-hydrogen) atoms. The Bertz CT molecular complexity index is 581. The molecule has 0 aliphatic rings. The molecule has 0 spiro atoms. The number of halogens is 1. The number of hydrogen-bond acceptors (Lipinski definition) is 2. The van der Waals surface area contributed by atoms with Crippen molar-refractivity contribution in [2.45, 2.75) is 27.0 Å². The van der Waals surface area contributed by atoms with Gasteiger partial charge in [-0.3, -0.25) is 0 Å². The number of aryl methyl sites for hydroxylation is 2. The fourth-order valence-corrected chi connectivity index (χ4v) is 2.42. The van der Waals surface area contributed by atoms with Crippen molar-refractivity contribution in [1.82, 2.24) is 0 Å². The van der Waals surface area contributed by atoms with Gasteiger partial charge in [-0.1, -0.05) is 40.2 Å². The molecule has 2 rings (SSSR count). The van der Waals surface area contributed by atoms with Gasteiger partial charge in [0.05, 0.1) is 0 Å². The number of rotatable bonds is 4. The second-order valence-electron chi connectivity index (χ2n) is 4.63. The van der Waals surface area contributed by atoms with E-state index in [0.717, 1.165) is 26.9 Å². The molecular formula is C16H18BrNO. The molecule has 0 aliphatic carbocycles. The molecule has 0 aliphatic heterocycles. The first-order valence-corrected chi connectivity index (χ1v) is 7.07. The first-order valence-electron chi connectivity index (χ1n) is 6.28. The second kappa shape index (κ2) is 6.22. The Hall–Kier alpha value is -1.32. The van der Waals surface area contributed by atoms with Gasteiger partial charge in [-0.05, 0) is 48.2 Å². The molecular weight excluding hydrogens is 302 g/mol. The van der Waals surface area contributed by atoms with Crippen LogP contribution in [-0.4, -0.2) is 0 Å². The van der Waals surface area contributed by atoms with Crippen LogP contribution in [0.2, 0.25) is 0 Å². The van der Waals surface area contributed by atoms with Crippen LogP contribution in [0.4, 0.5) is 0 Å². The standard InChI is InChI=1S/C16H18BrNO/c1-11-8-16(12(2)7-15(11)17)19-10-14-6-4-3-5-13(14)9-18/h3-8H,9-10,18H2,1-2H3. The number of hydrogen-bond donors (Lipinski definition) is 1. The smallest absolute Gasteiger partial charge is 0.123 e. The lowest BCUT2D eigenvalue weighted by molar-refractivity contribution is 0.302. The van der Waals surface area contributed by atoms with Gasteiger partial charge in [0.2, 0.25) is 0 Å². The van der Waals surface area contributed by atoms with Crippen LogP contribution in [0, 0.1) is 13.8 Å². The molecule has 3 heteroatoms. The van der Waals surface area contributed by atoms with Gasteiger partial charge in [-0.2, -0.15) is 0 Å². The van der Waals surface area contributed by atoms with Gasteiger partial charge >= 0.3 is 0 Å². The fourth-order valence-electron chi connectivity index (χ4n) is 1.96. The summed E-state index contributed by atoms with van der Waals surface area (Å²) in [5.41, 5.74) is 10.3. The Morgan fingerprint density at radius 3 is 2.42 bits per heavy atom. The van der Waals surface area contributed by atoms with Gasteiger partial charge in [0, 0.05) is 11.0 Å². The second-order valence-corrected chi connectivity index (χ2v) is 5.48. The highest BCUT2D eigenvalue weighted by atomic mass is 79.9. The summed E-state index contributed by atoms with van der Waals surface area (Å²) < 4.78 is 7.04. The average Bonchev–Trinajstić information content (AvgIpc) is 2.41. The van der Waals surface area contributed by atoms with Crippen LogP contribution >= 0.6 is 15.9 Å². The van der Waals surface area contributed by atoms with E-state index in [4.69, 9.17) is 10.5 Å². The van der Waals surface area contributed by atoms with Crippen LogP contribution in [0.15, 0.2) is 40.9 Å². The van der Waals surface area contributed by atoms with Crippen LogP contribution < -0.4 is 10.5 Å². The lowest BCUT2D eigenvalue weighted by atomic mass is 10.1. The highest BCUT2D eigenvalue weighted by Crippen LogP contribution is 2.27. The highest BCUT2D eigenvalue weighted by molar-refractivity contribution is 9.10. The van der Waals surface area contributed by atoms with Gasteiger partial charge in [0.15, 0.2) is 0 Å². The third kappa shape index (κ3) is 3.37. The summed E-state index contributed by atoms with van der Waals surface area (Å²) in [4.78, 5) is 0. The monoisotopic (exact) mass is 319 g/mol. The molecule has 2 aromatic rings. The summed E-state index contributed by atoms with van der Waals surface area (Å²) in [5, 5.41) is 0. The first kappa shape index (κ1) is 14.1. The zero-order valence-electron chi connectivity index (χ0n) is 11.2. The predicted molar refractivity (Wildman–Crippen MR) is 82.3 cm³/mol. The fraction of sp³-hybridized carbons (Fsp3) is 0.250. The number of benzene rings is 2. The maximum atomic E-state index is 5.92. The Morgan fingerprint density at radius 2 is 1.74 bits per heavy atom. The summed E-state index contributed by atoms with van der Waals surface area (Å²) in [6.45, 7) is 5.20. The molecule has 0 amide bonds. The molecule has 2 N–H and O–H groups in total. The van der Waals surface area contributed by atoms with E-state index in [1.165, 1.54) is 5.56 Å². The third-order valence-corrected chi connectivity index (χ3v) is 4.03. The van der Waals surface area contributed by atoms with Crippen LogP contribution in [0.5, 0.6) is 5.75 Å². The minimum Gasteiger partial charge on any atom is -0.489 e. The van der Waals surface area contributed by atoms with Crippen molar-refractivity contribution < 1.29 is 4.74 Å². The molecule has 2 nitrogen and oxygen atoms in total. The van der Waals surface area contributed by atoms with Crippen LogP contribution in [0.1, 0.15) is 22.3 Å². The van der Waals surface area contributed by atoms with E-state index in [2.05, 4.69) is 41.1 Å². The van der Waals surface area contributed by atoms with Crippen LogP contribution in [0.3, 0.4) is 0 Å². The normalized spacial score (nSPS) is 10.5. The minimum atomic E-state index is 0.540. The molecule has 2 aromatic carbocycles. The zero-order valence-corrected chi connectivity index (χ0v) is 12.8. The summed E-state index contributed by atoms with van der Waals surface area (Å²) in [6, 6.07) is 12.3. The van der Waals surface area contributed by atoms with E-state index in [1.807, 2.05) is 25.1 Å². The summed E-state index contributed by atoms with van der Waals surface area (Å²) in [5.74, 6) is 0.924. The molecule has 0 aromatic heterocycles. The van der Waals surface area contributed by atoms with E-state index in [9.17, 15) is 0 Å². The number of ether oxygens (including phenoxy) is 1. The Kier molecular flexibility index (Phi) is 4.61. The van der Waals surface area contributed by atoms with Crippen molar-refractivity contribution in [3.63, 3.8) is 0 Å². The van der Waals surface area contributed by atoms with Gasteiger partial charge in [-0.15, -0.1) is 0 Å². The maximum absolute atomic E-state index is 5.92.